The summed E-state index contributed by atoms with van der Waals surface area (Å²) < 4.78 is 0. The smallest absolute Gasteiger partial charge is 0.242 e. The fourth-order valence-electron chi connectivity index (χ4n) is 2.86. The molecule has 5 heteroatoms. The minimum Gasteiger partial charge on any atom is -0.355 e. The van der Waals surface area contributed by atoms with Crippen molar-refractivity contribution in [1.29, 1.82) is 0 Å². The molecule has 0 saturated carbocycles. The van der Waals surface area contributed by atoms with Crippen LogP contribution in [0.4, 0.5) is 0 Å². The van der Waals surface area contributed by atoms with E-state index in [4.69, 9.17) is 0 Å². The van der Waals surface area contributed by atoms with Gasteiger partial charge in [-0.25, -0.2) is 0 Å². The monoisotopic (exact) mass is 398 g/mol. The molecule has 0 spiro atoms. The number of carbonyl (C=O) groups is 2. The van der Waals surface area contributed by atoms with Crippen molar-refractivity contribution in [3.05, 3.63) is 71.3 Å². The third-order valence-corrected chi connectivity index (χ3v) is 5.59. The van der Waals surface area contributed by atoms with Crippen molar-refractivity contribution in [1.82, 2.24) is 10.2 Å². The van der Waals surface area contributed by atoms with Gasteiger partial charge in [0.15, 0.2) is 0 Å². The quantitative estimate of drug-likeness (QED) is 0.611. The number of aryl methyl sites for hydroxylation is 1. The number of thioether (sulfide) groups is 1. The predicted octanol–water partition coefficient (Wildman–Crippen LogP) is 4.17. The van der Waals surface area contributed by atoms with Crippen LogP contribution in [0.2, 0.25) is 0 Å². The lowest BCUT2D eigenvalue weighted by atomic mass is 10.1. The molecule has 0 saturated heterocycles. The Balaban J connectivity index is 1.96. The van der Waals surface area contributed by atoms with E-state index in [1.165, 1.54) is 11.1 Å². The van der Waals surface area contributed by atoms with E-state index in [1.807, 2.05) is 56.3 Å². The fourth-order valence-corrected chi connectivity index (χ4v) is 3.75. The first kappa shape index (κ1) is 22.0. The van der Waals surface area contributed by atoms with Gasteiger partial charge >= 0.3 is 0 Å². The second kappa shape index (κ2) is 11.5. The van der Waals surface area contributed by atoms with Crippen LogP contribution in [0.15, 0.2) is 54.6 Å². The molecule has 0 aliphatic heterocycles. The second-order valence-corrected chi connectivity index (χ2v) is 7.97. The molecule has 4 nitrogen and oxygen atoms in total. The lowest BCUT2D eigenvalue weighted by Crippen LogP contribution is -2.47. The SMILES string of the molecule is CCNC(=O)[C@@H](C)N(Cc1ccc(C)cc1)C(=O)CCSCc1ccccc1. The molecule has 0 aromatic heterocycles. The summed E-state index contributed by atoms with van der Waals surface area (Å²) in [7, 11) is 0. The van der Waals surface area contributed by atoms with Crippen molar-refractivity contribution in [2.75, 3.05) is 12.3 Å². The lowest BCUT2D eigenvalue weighted by molar-refractivity contribution is -0.140. The second-order valence-electron chi connectivity index (χ2n) is 6.87. The van der Waals surface area contributed by atoms with Gasteiger partial charge in [0.2, 0.25) is 11.8 Å². The Morgan fingerprint density at radius 3 is 2.36 bits per heavy atom. The molecule has 0 unspecified atom stereocenters. The fraction of sp³-hybridized carbons (Fsp3) is 0.391. The van der Waals surface area contributed by atoms with Crippen LogP contribution in [0.1, 0.15) is 37.0 Å². The number of nitrogens with one attached hydrogen (secondary N) is 1. The molecule has 2 amide bonds. The van der Waals surface area contributed by atoms with E-state index in [0.717, 1.165) is 17.1 Å². The summed E-state index contributed by atoms with van der Waals surface area (Å²) in [4.78, 5) is 26.9. The van der Waals surface area contributed by atoms with Gasteiger partial charge < -0.3 is 10.2 Å². The molecule has 2 aromatic rings. The van der Waals surface area contributed by atoms with E-state index < -0.39 is 6.04 Å². The zero-order valence-corrected chi connectivity index (χ0v) is 17.8. The number of rotatable bonds is 10. The number of nitrogens with zero attached hydrogens (tertiary/aromatic N) is 1. The number of benzene rings is 2. The predicted molar refractivity (Wildman–Crippen MR) is 117 cm³/mol. The highest BCUT2D eigenvalue weighted by molar-refractivity contribution is 7.98. The van der Waals surface area contributed by atoms with Gasteiger partial charge in [-0.15, -0.1) is 0 Å². The average molecular weight is 399 g/mol. The standard InChI is InChI=1S/C23H30N2O2S/c1-4-24-23(27)19(3)25(16-20-12-10-18(2)11-13-20)22(26)14-15-28-17-21-8-6-5-7-9-21/h5-13,19H,4,14-17H2,1-3H3,(H,24,27)/t19-/m1/s1. The first-order valence-electron chi connectivity index (χ1n) is 9.75. The van der Waals surface area contributed by atoms with Crippen molar-refractivity contribution in [2.45, 2.75) is 45.5 Å². The zero-order chi connectivity index (χ0) is 20.4. The van der Waals surface area contributed by atoms with Gasteiger partial charge in [0.05, 0.1) is 0 Å². The summed E-state index contributed by atoms with van der Waals surface area (Å²) in [6.45, 7) is 6.72. The minimum absolute atomic E-state index is 0.0138. The van der Waals surface area contributed by atoms with Crippen molar-refractivity contribution in [3.8, 4) is 0 Å². The Labute approximate surface area is 172 Å². The Morgan fingerprint density at radius 1 is 1.04 bits per heavy atom. The maximum absolute atomic E-state index is 12.9. The Morgan fingerprint density at radius 2 is 1.71 bits per heavy atom. The first-order chi connectivity index (χ1) is 13.5. The molecule has 0 aliphatic carbocycles. The van der Waals surface area contributed by atoms with Crippen molar-refractivity contribution < 1.29 is 9.59 Å². The molecule has 0 radical (unpaired) electrons. The van der Waals surface area contributed by atoms with Gasteiger partial charge in [0.1, 0.15) is 6.04 Å². The van der Waals surface area contributed by atoms with Crippen molar-refractivity contribution in [3.63, 3.8) is 0 Å². The molecule has 1 atom stereocenters. The van der Waals surface area contributed by atoms with E-state index in [-0.39, 0.29) is 11.8 Å². The van der Waals surface area contributed by atoms with Crippen LogP contribution in [0.5, 0.6) is 0 Å². The maximum Gasteiger partial charge on any atom is 0.242 e. The average Bonchev–Trinajstić information content (AvgIpc) is 2.71. The highest BCUT2D eigenvalue weighted by Gasteiger charge is 2.25. The number of likely N-dealkylation sites (N-methyl/N-ethyl adjacent to an activating group) is 1. The molecule has 1 N–H and O–H groups in total. The minimum atomic E-state index is -0.493. The molecule has 2 rings (SSSR count). The highest BCUT2D eigenvalue weighted by atomic mass is 32.2. The van der Waals surface area contributed by atoms with E-state index >= 15 is 0 Å². The van der Waals surface area contributed by atoms with Crippen LogP contribution in [-0.2, 0) is 21.9 Å². The van der Waals surface area contributed by atoms with Gasteiger partial charge in [-0.3, -0.25) is 9.59 Å². The summed E-state index contributed by atoms with van der Waals surface area (Å²) in [5, 5.41) is 2.83. The summed E-state index contributed by atoms with van der Waals surface area (Å²) in [5.74, 6) is 1.53. The van der Waals surface area contributed by atoms with Gasteiger partial charge in [-0.05, 0) is 31.9 Å². The third-order valence-electron chi connectivity index (χ3n) is 4.56. The molecule has 0 aliphatic rings. The van der Waals surface area contributed by atoms with Crippen LogP contribution >= 0.6 is 11.8 Å². The topological polar surface area (TPSA) is 49.4 Å². The van der Waals surface area contributed by atoms with E-state index in [0.29, 0.717) is 19.5 Å². The lowest BCUT2D eigenvalue weighted by Gasteiger charge is -2.28. The highest BCUT2D eigenvalue weighted by Crippen LogP contribution is 2.16. The number of carbonyl (C=O) groups excluding carboxylic acids is 2. The largest absolute Gasteiger partial charge is 0.355 e. The molecule has 28 heavy (non-hydrogen) atoms. The number of hydrogen-bond acceptors (Lipinski definition) is 3. The molecule has 150 valence electrons. The van der Waals surface area contributed by atoms with E-state index in [2.05, 4.69) is 17.4 Å². The summed E-state index contributed by atoms with van der Waals surface area (Å²) in [5.41, 5.74) is 3.47. The molecule has 0 fully saturated rings. The summed E-state index contributed by atoms with van der Waals surface area (Å²) in [6.07, 6.45) is 0.424. The molecule has 0 heterocycles. The Bertz CT molecular complexity index is 747. The number of amides is 2. The van der Waals surface area contributed by atoms with Crippen LogP contribution in [0.3, 0.4) is 0 Å². The molecular formula is C23H30N2O2S. The van der Waals surface area contributed by atoms with Crippen LogP contribution in [-0.4, -0.2) is 35.1 Å². The van der Waals surface area contributed by atoms with Crippen molar-refractivity contribution in [2.24, 2.45) is 0 Å². The Kier molecular flexibility index (Phi) is 9.08. The number of hydrogen-bond donors (Lipinski definition) is 1. The Hall–Kier alpha value is -2.27. The first-order valence-corrected chi connectivity index (χ1v) is 10.9. The van der Waals surface area contributed by atoms with Gasteiger partial charge in [-0.1, -0.05) is 60.2 Å². The van der Waals surface area contributed by atoms with Gasteiger partial charge in [0.25, 0.3) is 0 Å². The van der Waals surface area contributed by atoms with Gasteiger partial charge in [-0.2, -0.15) is 11.8 Å². The van der Waals surface area contributed by atoms with Crippen LogP contribution < -0.4 is 5.32 Å². The molecular weight excluding hydrogens is 368 g/mol. The summed E-state index contributed by atoms with van der Waals surface area (Å²) in [6, 6.07) is 17.8. The van der Waals surface area contributed by atoms with Crippen molar-refractivity contribution >= 4 is 23.6 Å². The zero-order valence-electron chi connectivity index (χ0n) is 17.0. The molecule has 0 bridgehead atoms. The maximum atomic E-state index is 12.9. The molecule has 2 aromatic carbocycles. The van der Waals surface area contributed by atoms with E-state index in [9.17, 15) is 9.59 Å². The third kappa shape index (κ3) is 7.04. The van der Waals surface area contributed by atoms with Gasteiger partial charge in [0, 0.05) is 31.0 Å². The summed E-state index contributed by atoms with van der Waals surface area (Å²) >= 11 is 1.74. The normalized spacial score (nSPS) is 11.7. The van der Waals surface area contributed by atoms with E-state index in [1.54, 1.807) is 23.6 Å². The van der Waals surface area contributed by atoms with Crippen LogP contribution in [0, 0.1) is 6.92 Å². The van der Waals surface area contributed by atoms with Crippen LogP contribution in [0.25, 0.3) is 0 Å².